The number of nitrogens with zero attached hydrogens (tertiary/aromatic N) is 1. The second-order valence-corrected chi connectivity index (χ2v) is 9.64. The molecule has 2 aliphatic heterocycles. The van der Waals surface area contributed by atoms with E-state index < -0.39 is 43.0 Å². The normalized spacial score (nSPS) is 26.7. The molecular formula is C26H32BNO7. The maximum Gasteiger partial charge on any atom is 0.455 e. The van der Waals surface area contributed by atoms with Crippen molar-refractivity contribution in [2.24, 2.45) is 17.8 Å². The number of methoxy groups -OCH3 is 1. The van der Waals surface area contributed by atoms with E-state index in [4.69, 9.17) is 4.65 Å². The Morgan fingerprint density at radius 2 is 2.00 bits per heavy atom. The number of carbonyl (C=O) groups is 3. The van der Waals surface area contributed by atoms with Gasteiger partial charge in [0.15, 0.2) is 0 Å². The summed E-state index contributed by atoms with van der Waals surface area (Å²) in [6.45, 7) is 4.04. The number of rotatable bonds is 6. The minimum atomic E-state index is -1.06. The molecule has 1 aliphatic carbocycles. The minimum absolute atomic E-state index is 0.209. The molecule has 2 saturated heterocycles. The maximum atomic E-state index is 13.2. The molecule has 0 radical (unpaired) electrons. The van der Waals surface area contributed by atoms with E-state index in [0.717, 1.165) is 42.2 Å². The molecule has 4 rings (SSSR count). The van der Waals surface area contributed by atoms with Crippen molar-refractivity contribution in [1.82, 2.24) is 4.90 Å². The third-order valence-corrected chi connectivity index (χ3v) is 7.36. The van der Waals surface area contributed by atoms with Crippen LogP contribution in [-0.2, 0) is 19.0 Å². The smallest absolute Gasteiger partial charge is 0.455 e. The Morgan fingerprint density at radius 3 is 2.69 bits per heavy atom. The Labute approximate surface area is 205 Å². The summed E-state index contributed by atoms with van der Waals surface area (Å²) in [4.78, 5) is 39.0. The quantitative estimate of drug-likeness (QED) is 0.360. The van der Waals surface area contributed by atoms with E-state index in [1.54, 1.807) is 12.1 Å². The number of phenols is 1. The second kappa shape index (κ2) is 10.4. The molecule has 2 N–H and O–H groups in total. The molecule has 0 saturated carbocycles. The first-order valence-electron chi connectivity index (χ1n) is 12.2. The number of hydrogen-bond acceptors (Lipinski definition) is 7. The SMILES string of the molecule is CCCC1=C2[C@@H](CC/C(C)=C/c3ccccc3O)OB(O)C[C@@H]2[C@@H]2C(=O)N(C(=O)OC)C(=O)[C@@H]2C1. The van der Waals surface area contributed by atoms with Crippen molar-refractivity contribution in [3.63, 3.8) is 0 Å². The summed E-state index contributed by atoms with van der Waals surface area (Å²) in [5.74, 6) is -2.53. The fourth-order valence-electron chi connectivity index (χ4n) is 5.88. The Morgan fingerprint density at radius 1 is 1.26 bits per heavy atom. The van der Waals surface area contributed by atoms with Gasteiger partial charge in [0.05, 0.1) is 25.0 Å². The summed E-state index contributed by atoms with van der Waals surface area (Å²) in [7, 11) is 0.0870. The number of likely N-dealkylation sites (tertiary alicyclic amines) is 1. The van der Waals surface area contributed by atoms with E-state index in [2.05, 4.69) is 11.7 Å². The van der Waals surface area contributed by atoms with Crippen molar-refractivity contribution in [3.8, 4) is 5.75 Å². The summed E-state index contributed by atoms with van der Waals surface area (Å²) in [6.07, 6.45) is 4.08. The fraction of sp³-hybridized carbons (Fsp3) is 0.500. The molecule has 4 atom stereocenters. The van der Waals surface area contributed by atoms with E-state index in [-0.39, 0.29) is 18.0 Å². The highest BCUT2D eigenvalue weighted by atomic mass is 16.5. The number of benzene rings is 1. The number of hydrogen-bond donors (Lipinski definition) is 2. The molecule has 9 heteroatoms. The fourth-order valence-corrected chi connectivity index (χ4v) is 5.88. The van der Waals surface area contributed by atoms with Crippen LogP contribution < -0.4 is 0 Å². The first-order chi connectivity index (χ1) is 16.8. The van der Waals surface area contributed by atoms with Crippen molar-refractivity contribution in [2.75, 3.05) is 7.11 Å². The monoisotopic (exact) mass is 481 g/mol. The highest BCUT2D eigenvalue weighted by Gasteiger charge is 2.59. The van der Waals surface area contributed by atoms with Crippen LogP contribution >= 0.6 is 0 Å². The van der Waals surface area contributed by atoms with Crippen LogP contribution in [0.2, 0.25) is 6.32 Å². The first-order valence-corrected chi connectivity index (χ1v) is 12.2. The summed E-state index contributed by atoms with van der Waals surface area (Å²) in [5, 5.41) is 20.6. The number of amides is 3. The Balaban J connectivity index is 1.62. The summed E-state index contributed by atoms with van der Waals surface area (Å²) < 4.78 is 10.7. The number of aromatic hydroxyl groups is 1. The highest BCUT2D eigenvalue weighted by molar-refractivity contribution is 6.43. The van der Waals surface area contributed by atoms with Gasteiger partial charge in [-0.15, -0.1) is 0 Å². The molecule has 8 nitrogen and oxygen atoms in total. The Kier molecular flexibility index (Phi) is 7.47. The predicted octanol–water partition coefficient (Wildman–Crippen LogP) is 3.94. The number of para-hydroxylation sites is 1. The van der Waals surface area contributed by atoms with Gasteiger partial charge in [-0.05, 0) is 56.5 Å². The average Bonchev–Trinajstić information content (AvgIpc) is 3.08. The van der Waals surface area contributed by atoms with Gasteiger partial charge in [-0.2, -0.15) is 4.90 Å². The topological polar surface area (TPSA) is 113 Å². The van der Waals surface area contributed by atoms with E-state index in [0.29, 0.717) is 24.2 Å². The van der Waals surface area contributed by atoms with Crippen molar-refractivity contribution < 1.29 is 33.9 Å². The molecule has 35 heavy (non-hydrogen) atoms. The summed E-state index contributed by atoms with van der Waals surface area (Å²) in [6, 6.07) is 7.12. The number of fused-ring (bicyclic) bond motifs is 3. The highest BCUT2D eigenvalue weighted by Crippen LogP contribution is 2.51. The second-order valence-electron chi connectivity index (χ2n) is 9.64. The van der Waals surface area contributed by atoms with Crippen LogP contribution in [0, 0.1) is 17.8 Å². The zero-order valence-corrected chi connectivity index (χ0v) is 20.4. The largest absolute Gasteiger partial charge is 0.507 e. The molecule has 0 aromatic heterocycles. The van der Waals surface area contributed by atoms with Crippen LogP contribution in [-0.4, -0.2) is 53.3 Å². The lowest BCUT2D eigenvalue weighted by Crippen LogP contribution is -2.46. The standard InChI is InChI=1S/C26H32BNO7/c1-4-7-17-13-18-23(25(31)28(24(18)30)26(32)34-3)19-14-27(33)35-21(22(17)19)11-10-15(2)12-16-8-5-6-9-20(16)29/h5-6,8-9,12,18-19,21,23,29,33H,4,7,10-11,13-14H2,1-3H3/b15-12+/t18-,19+,21-,23-/m1/s1. The molecular weight excluding hydrogens is 449 g/mol. The number of carbonyl (C=O) groups excluding carboxylic acids is 3. The van der Waals surface area contributed by atoms with Crippen molar-refractivity contribution in [3.05, 3.63) is 46.5 Å². The molecule has 2 fully saturated rings. The number of ether oxygens (including phenoxy) is 1. The average molecular weight is 481 g/mol. The van der Waals surface area contributed by atoms with Gasteiger partial charge in [0.1, 0.15) is 5.75 Å². The van der Waals surface area contributed by atoms with Crippen LogP contribution in [0.15, 0.2) is 41.0 Å². The molecule has 3 amide bonds. The van der Waals surface area contributed by atoms with Gasteiger partial charge in [-0.25, -0.2) is 4.79 Å². The van der Waals surface area contributed by atoms with Crippen molar-refractivity contribution in [2.45, 2.75) is 58.4 Å². The molecule has 0 unspecified atom stereocenters. The third-order valence-electron chi connectivity index (χ3n) is 7.36. The Bertz CT molecular complexity index is 1080. The molecule has 3 aliphatic rings. The lowest BCUT2D eigenvalue weighted by molar-refractivity contribution is -0.137. The van der Waals surface area contributed by atoms with Crippen LogP contribution in [0.25, 0.3) is 6.08 Å². The number of allylic oxidation sites excluding steroid dienone is 2. The van der Waals surface area contributed by atoms with E-state index >= 15 is 0 Å². The van der Waals surface area contributed by atoms with Crippen molar-refractivity contribution >= 4 is 31.1 Å². The first kappa shape index (κ1) is 25.2. The lowest BCUT2D eigenvalue weighted by Gasteiger charge is -2.43. The van der Waals surface area contributed by atoms with Crippen LogP contribution in [0.1, 0.15) is 51.5 Å². The van der Waals surface area contributed by atoms with Crippen LogP contribution in [0.4, 0.5) is 4.79 Å². The zero-order chi connectivity index (χ0) is 25.3. The van der Waals surface area contributed by atoms with Gasteiger partial charge in [0.25, 0.3) is 0 Å². The summed E-state index contributed by atoms with van der Waals surface area (Å²) >= 11 is 0. The zero-order valence-electron chi connectivity index (χ0n) is 20.4. The minimum Gasteiger partial charge on any atom is -0.507 e. The van der Waals surface area contributed by atoms with Crippen molar-refractivity contribution in [1.29, 1.82) is 0 Å². The van der Waals surface area contributed by atoms with Gasteiger partial charge >= 0.3 is 13.2 Å². The van der Waals surface area contributed by atoms with Gasteiger partial charge in [0.2, 0.25) is 11.8 Å². The molecule has 1 aromatic rings. The van der Waals surface area contributed by atoms with E-state index in [1.165, 1.54) is 0 Å². The van der Waals surface area contributed by atoms with Gasteiger partial charge in [0, 0.05) is 5.56 Å². The lowest BCUT2D eigenvalue weighted by atomic mass is 9.58. The van der Waals surface area contributed by atoms with Gasteiger partial charge in [-0.1, -0.05) is 48.8 Å². The molecule has 2 heterocycles. The molecule has 1 aromatic carbocycles. The van der Waals surface area contributed by atoms with Crippen LogP contribution in [0.3, 0.4) is 0 Å². The molecule has 186 valence electrons. The molecule has 0 bridgehead atoms. The number of imide groups is 3. The van der Waals surface area contributed by atoms with Gasteiger partial charge in [-0.3, -0.25) is 9.59 Å². The molecule has 0 spiro atoms. The summed E-state index contributed by atoms with van der Waals surface area (Å²) in [5.41, 5.74) is 3.87. The Hall–Kier alpha value is -2.91. The third kappa shape index (κ3) is 4.79. The van der Waals surface area contributed by atoms with Crippen LogP contribution in [0.5, 0.6) is 5.75 Å². The predicted molar refractivity (Wildman–Crippen MR) is 130 cm³/mol. The van der Waals surface area contributed by atoms with E-state index in [9.17, 15) is 24.5 Å². The maximum absolute atomic E-state index is 13.2. The van der Waals surface area contributed by atoms with E-state index in [1.807, 2.05) is 25.1 Å². The number of phenolic OH excluding ortho intramolecular Hbond substituents is 1. The van der Waals surface area contributed by atoms with Gasteiger partial charge < -0.3 is 19.5 Å².